The number of aryl methyl sites for hydroxylation is 1. The van der Waals surface area contributed by atoms with E-state index in [0.717, 1.165) is 0 Å². The zero-order valence-electron chi connectivity index (χ0n) is 11.9. The molecule has 0 bridgehead atoms. The fourth-order valence-corrected chi connectivity index (χ4v) is 1.37. The molecule has 0 aliphatic carbocycles. The summed E-state index contributed by atoms with van der Waals surface area (Å²) in [6, 6.07) is 0.687. The lowest BCUT2D eigenvalue weighted by molar-refractivity contribution is -0.120. The van der Waals surface area contributed by atoms with E-state index < -0.39 is 18.0 Å². The average Bonchev–Trinajstić information content (AvgIpc) is 2.60. The number of nitrogens with zero attached hydrogens (tertiary/aromatic N) is 2. The summed E-state index contributed by atoms with van der Waals surface area (Å²) in [4.78, 5) is 23.3. The molecule has 7 heteroatoms. The molecule has 3 N–H and O–H groups in total. The van der Waals surface area contributed by atoms with E-state index in [-0.39, 0.29) is 5.54 Å². The lowest BCUT2D eigenvalue weighted by Crippen LogP contribution is -2.51. The molecule has 0 saturated carbocycles. The van der Waals surface area contributed by atoms with Crippen molar-refractivity contribution in [1.82, 2.24) is 20.4 Å². The quantitative estimate of drug-likeness (QED) is 0.757. The molecule has 3 amide bonds. The molecule has 0 spiro atoms. The Morgan fingerprint density at radius 3 is 2.47 bits per heavy atom. The summed E-state index contributed by atoms with van der Waals surface area (Å²) in [7, 11) is 1.78. The average molecular weight is 267 g/mol. The van der Waals surface area contributed by atoms with Gasteiger partial charge < -0.3 is 10.6 Å². The first-order chi connectivity index (χ1) is 8.67. The molecule has 19 heavy (non-hydrogen) atoms. The zero-order valence-corrected chi connectivity index (χ0v) is 11.9. The minimum atomic E-state index is -0.555. The van der Waals surface area contributed by atoms with Crippen molar-refractivity contribution in [2.24, 2.45) is 7.05 Å². The van der Waals surface area contributed by atoms with Crippen LogP contribution in [0.15, 0.2) is 12.3 Å². The van der Waals surface area contributed by atoms with E-state index in [1.54, 1.807) is 30.9 Å². The van der Waals surface area contributed by atoms with Crippen LogP contribution in [0, 0.1) is 0 Å². The maximum Gasteiger partial charge on any atom is 0.321 e. The van der Waals surface area contributed by atoms with Crippen LogP contribution >= 0.6 is 0 Å². The van der Waals surface area contributed by atoms with E-state index in [0.29, 0.717) is 5.82 Å². The van der Waals surface area contributed by atoms with Crippen molar-refractivity contribution in [2.75, 3.05) is 5.32 Å². The van der Waals surface area contributed by atoms with Crippen molar-refractivity contribution in [3.05, 3.63) is 12.3 Å². The normalized spacial score (nSPS) is 12.7. The summed E-state index contributed by atoms with van der Waals surface area (Å²) >= 11 is 0. The van der Waals surface area contributed by atoms with Crippen LogP contribution in [0.1, 0.15) is 27.7 Å². The van der Waals surface area contributed by atoms with E-state index in [1.165, 1.54) is 0 Å². The van der Waals surface area contributed by atoms with Crippen molar-refractivity contribution < 1.29 is 9.59 Å². The molecule has 1 atom stereocenters. The number of rotatable bonds is 3. The van der Waals surface area contributed by atoms with Crippen LogP contribution in [0.5, 0.6) is 0 Å². The number of nitrogens with one attached hydrogen (secondary N) is 3. The zero-order chi connectivity index (χ0) is 14.6. The molecule has 7 nitrogen and oxygen atoms in total. The molecule has 0 aliphatic heterocycles. The second kappa shape index (κ2) is 5.73. The smallest absolute Gasteiger partial charge is 0.321 e. The standard InChI is InChI=1S/C12H21N5O2/c1-8(13-9-6-7-17(5)16-9)10(18)14-11(19)15-12(2,3)4/h6-8H,1-5H3,(H,13,16)(H2,14,15,18,19). The highest BCUT2D eigenvalue weighted by Crippen LogP contribution is 2.03. The monoisotopic (exact) mass is 267 g/mol. The van der Waals surface area contributed by atoms with Gasteiger partial charge in [-0.2, -0.15) is 5.10 Å². The lowest BCUT2D eigenvalue weighted by atomic mass is 10.1. The first-order valence-electron chi connectivity index (χ1n) is 6.06. The number of carbonyl (C=O) groups is 2. The van der Waals surface area contributed by atoms with Gasteiger partial charge in [0.1, 0.15) is 11.9 Å². The Kier molecular flexibility index (Phi) is 4.52. The number of hydrogen-bond acceptors (Lipinski definition) is 4. The molecule has 0 aliphatic rings. The van der Waals surface area contributed by atoms with Crippen molar-refractivity contribution in [3.63, 3.8) is 0 Å². The van der Waals surface area contributed by atoms with Gasteiger partial charge in [-0.25, -0.2) is 4.79 Å². The van der Waals surface area contributed by atoms with Crippen LogP contribution in [-0.4, -0.2) is 33.3 Å². The highest BCUT2D eigenvalue weighted by molar-refractivity contribution is 5.98. The van der Waals surface area contributed by atoms with Gasteiger partial charge in [0.05, 0.1) is 0 Å². The third kappa shape index (κ3) is 5.41. The van der Waals surface area contributed by atoms with Crippen LogP contribution < -0.4 is 16.0 Å². The number of aromatic nitrogens is 2. The third-order valence-corrected chi connectivity index (χ3v) is 2.20. The summed E-state index contributed by atoms with van der Waals surface area (Å²) in [5.74, 6) is 0.175. The maximum atomic E-state index is 11.8. The van der Waals surface area contributed by atoms with Crippen LogP contribution in [-0.2, 0) is 11.8 Å². The molecule has 1 aromatic rings. The molecule has 1 aromatic heterocycles. The molecule has 0 saturated heterocycles. The fourth-order valence-electron chi connectivity index (χ4n) is 1.37. The second-order valence-corrected chi connectivity index (χ2v) is 5.43. The highest BCUT2D eigenvalue weighted by atomic mass is 16.2. The van der Waals surface area contributed by atoms with Gasteiger partial charge in [-0.05, 0) is 27.7 Å². The van der Waals surface area contributed by atoms with Gasteiger partial charge in [-0.1, -0.05) is 0 Å². The van der Waals surface area contributed by atoms with Gasteiger partial charge in [0.25, 0.3) is 0 Å². The van der Waals surface area contributed by atoms with Crippen LogP contribution in [0.25, 0.3) is 0 Å². The molecule has 1 rings (SSSR count). The molecule has 0 radical (unpaired) electrons. The van der Waals surface area contributed by atoms with Gasteiger partial charge in [0, 0.05) is 24.8 Å². The van der Waals surface area contributed by atoms with E-state index >= 15 is 0 Å². The summed E-state index contributed by atoms with van der Waals surface area (Å²) < 4.78 is 1.62. The topological polar surface area (TPSA) is 88.1 Å². The Balaban J connectivity index is 2.47. The minimum Gasteiger partial charge on any atom is -0.357 e. The molecule has 1 unspecified atom stereocenters. The summed E-state index contributed by atoms with van der Waals surface area (Å²) in [5, 5.41) is 11.9. The van der Waals surface area contributed by atoms with Crippen molar-refractivity contribution in [2.45, 2.75) is 39.3 Å². The number of imide groups is 1. The Labute approximate surface area is 112 Å². The molecular weight excluding hydrogens is 246 g/mol. The largest absolute Gasteiger partial charge is 0.357 e. The fraction of sp³-hybridized carbons (Fsp3) is 0.583. The second-order valence-electron chi connectivity index (χ2n) is 5.43. The molecule has 0 aromatic carbocycles. The number of anilines is 1. The summed E-state index contributed by atoms with van der Waals surface area (Å²) in [6.45, 7) is 7.18. The van der Waals surface area contributed by atoms with Gasteiger partial charge in [0.2, 0.25) is 5.91 Å². The number of amides is 3. The predicted octanol–water partition coefficient (Wildman–Crippen LogP) is 0.845. The van der Waals surface area contributed by atoms with Crippen molar-refractivity contribution in [1.29, 1.82) is 0 Å². The number of carbonyl (C=O) groups excluding carboxylic acids is 2. The van der Waals surface area contributed by atoms with Crippen molar-refractivity contribution in [3.8, 4) is 0 Å². The molecule has 0 fully saturated rings. The first-order valence-corrected chi connectivity index (χ1v) is 6.06. The van der Waals surface area contributed by atoms with Gasteiger partial charge in [-0.3, -0.25) is 14.8 Å². The first kappa shape index (κ1) is 15.0. The van der Waals surface area contributed by atoms with Crippen molar-refractivity contribution >= 4 is 17.8 Å². The van der Waals surface area contributed by atoms with Crippen LogP contribution in [0.4, 0.5) is 10.6 Å². The molecular formula is C12H21N5O2. The van der Waals surface area contributed by atoms with Gasteiger partial charge in [-0.15, -0.1) is 0 Å². The van der Waals surface area contributed by atoms with E-state index in [2.05, 4.69) is 21.0 Å². The van der Waals surface area contributed by atoms with Crippen LogP contribution in [0.3, 0.4) is 0 Å². The Morgan fingerprint density at radius 1 is 1.37 bits per heavy atom. The lowest BCUT2D eigenvalue weighted by Gasteiger charge is -2.21. The third-order valence-electron chi connectivity index (χ3n) is 2.20. The number of hydrogen-bond donors (Lipinski definition) is 3. The summed E-state index contributed by atoms with van der Waals surface area (Å²) in [5.41, 5.74) is -0.387. The van der Waals surface area contributed by atoms with Gasteiger partial charge in [0.15, 0.2) is 0 Å². The Hall–Kier alpha value is -2.05. The van der Waals surface area contributed by atoms with E-state index in [4.69, 9.17) is 0 Å². The Morgan fingerprint density at radius 2 is 2.00 bits per heavy atom. The minimum absolute atomic E-state index is 0.387. The SMILES string of the molecule is CC(Nc1ccn(C)n1)C(=O)NC(=O)NC(C)(C)C. The summed E-state index contributed by atoms with van der Waals surface area (Å²) in [6.07, 6.45) is 1.76. The number of urea groups is 1. The van der Waals surface area contributed by atoms with Gasteiger partial charge >= 0.3 is 6.03 Å². The van der Waals surface area contributed by atoms with E-state index in [1.807, 2.05) is 20.8 Å². The Bertz CT molecular complexity index is 461. The molecule has 106 valence electrons. The molecule has 1 heterocycles. The predicted molar refractivity (Wildman–Crippen MR) is 72.7 cm³/mol. The van der Waals surface area contributed by atoms with Crippen LogP contribution in [0.2, 0.25) is 0 Å². The maximum absolute atomic E-state index is 11.8. The van der Waals surface area contributed by atoms with E-state index in [9.17, 15) is 9.59 Å². The highest BCUT2D eigenvalue weighted by Gasteiger charge is 2.19.